The average Bonchev–Trinajstić information content (AvgIpc) is 3.70. The molecule has 0 unspecified atom stereocenters. The van der Waals surface area contributed by atoms with Crippen molar-refractivity contribution in [1.82, 2.24) is 0 Å². The molecule has 0 amide bonds. The summed E-state index contributed by atoms with van der Waals surface area (Å²) in [7, 11) is -4.35. The molecule has 10 aromatic rings. The Hall–Kier alpha value is -7.35. The minimum absolute atomic E-state index is 0.0142. The van der Waals surface area contributed by atoms with E-state index in [0.717, 1.165) is 11.4 Å². The summed E-state index contributed by atoms with van der Waals surface area (Å²) < 4.78 is 0. The normalized spacial score (nSPS) is 13.9. The highest BCUT2D eigenvalue weighted by Gasteiger charge is 2.51. The van der Waals surface area contributed by atoms with Gasteiger partial charge < -0.3 is 9.80 Å². The van der Waals surface area contributed by atoms with Crippen molar-refractivity contribution in [1.29, 1.82) is 0 Å². The molecule has 0 aliphatic carbocycles. The van der Waals surface area contributed by atoms with Gasteiger partial charge in [-0.1, -0.05) is 227 Å². The Balaban J connectivity index is 1.10. The lowest BCUT2D eigenvalue weighted by Crippen LogP contribution is -2.73. The number of fused-ring (bicyclic) bond motifs is 7. The molecule has 0 N–H and O–H groups in total. The lowest BCUT2D eigenvalue weighted by Gasteiger charge is -2.42. The van der Waals surface area contributed by atoms with E-state index in [4.69, 9.17) is 0 Å². The Morgan fingerprint density at radius 3 is 1.74 bits per heavy atom. The Kier molecular flexibility index (Phi) is 11.1. The van der Waals surface area contributed by atoms with Crippen molar-refractivity contribution in [3.05, 3.63) is 242 Å². The van der Waals surface area contributed by atoms with E-state index < -0.39 is 16.1 Å². The van der Waals surface area contributed by atoms with E-state index in [1.54, 1.807) is 0 Å². The second kappa shape index (κ2) is 17.7. The molecule has 0 saturated carbocycles. The van der Waals surface area contributed by atoms with Crippen molar-refractivity contribution in [2.24, 2.45) is 0 Å². The molecule has 358 valence electrons. The molecule has 0 atom stereocenters. The van der Waals surface area contributed by atoms with Crippen molar-refractivity contribution < 1.29 is 0 Å². The van der Waals surface area contributed by atoms with Crippen LogP contribution >= 0.6 is 11.8 Å². The zero-order valence-electron chi connectivity index (χ0n) is 43.3. The zero-order chi connectivity index (χ0) is 50.5. The summed E-state index contributed by atoms with van der Waals surface area (Å²) in [6.45, 7) is 16.5. The second-order valence-corrected chi connectivity index (χ2v) is 32.5. The van der Waals surface area contributed by atoms with Gasteiger partial charge in [0.2, 0.25) is 6.71 Å². The first kappa shape index (κ1) is 46.4. The van der Waals surface area contributed by atoms with Crippen LogP contribution in [-0.4, -0.2) is 22.9 Å². The first-order valence-electron chi connectivity index (χ1n) is 26.2. The molecule has 0 fully saturated rings. The number of anilines is 6. The molecular formula is C68H59BN2SSi2. The lowest BCUT2D eigenvalue weighted by atomic mass is 9.34. The molecule has 3 heterocycles. The SMILES string of the molecule is Cc1cc2c3c(c1)N(c1ccc(C(C)(C)C)cc1-c1ccccc1)c1cc4c(cc1B3c1ccc(N(c3ccccc3)c3ccc([Si](C)(C)C)cc3)cc1S2)[Si](c1ccccc1)(c1ccccc1)c1ccccc1-4. The molecule has 0 spiro atoms. The van der Waals surface area contributed by atoms with Gasteiger partial charge in [-0.25, -0.2) is 0 Å². The van der Waals surface area contributed by atoms with Gasteiger partial charge >= 0.3 is 0 Å². The average molecular weight is 1000 g/mol. The van der Waals surface area contributed by atoms with Gasteiger partial charge in [0.1, 0.15) is 0 Å². The summed E-state index contributed by atoms with van der Waals surface area (Å²) >= 11 is 1.94. The predicted molar refractivity (Wildman–Crippen MR) is 325 cm³/mol. The first-order valence-corrected chi connectivity index (χ1v) is 32.5. The summed E-state index contributed by atoms with van der Waals surface area (Å²) in [5.41, 5.74) is 19.0. The third-order valence-corrected chi connectivity index (χ3v) is 24.0. The maximum Gasteiger partial charge on any atom is 0.249 e. The van der Waals surface area contributed by atoms with Crippen LogP contribution in [0.5, 0.6) is 0 Å². The molecule has 0 bridgehead atoms. The van der Waals surface area contributed by atoms with Crippen molar-refractivity contribution in [2.75, 3.05) is 9.80 Å². The van der Waals surface area contributed by atoms with Crippen molar-refractivity contribution in [3.8, 4) is 22.3 Å². The van der Waals surface area contributed by atoms with E-state index in [0.29, 0.717) is 0 Å². The number of rotatable bonds is 8. The molecule has 13 rings (SSSR count). The Morgan fingerprint density at radius 1 is 0.473 bits per heavy atom. The van der Waals surface area contributed by atoms with Crippen LogP contribution in [0.25, 0.3) is 22.3 Å². The van der Waals surface area contributed by atoms with Crippen LogP contribution < -0.4 is 52.1 Å². The van der Waals surface area contributed by atoms with E-state index in [2.05, 4.69) is 288 Å². The molecule has 10 aromatic carbocycles. The molecule has 3 aliphatic rings. The maximum atomic E-state index is 2.71. The van der Waals surface area contributed by atoms with E-state index in [9.17, 15) is 0 Å². The third kappa shape index (κ3) is 7.44. The summed E-state index contributed by atoms with van der Waals surface area (Å²) in [5, 5.41) is 7.21. The molecule has 2 nitrogen and oxygen atoms in total. The van der Waals surface area contributed by atoms with E-state index in [1.807, 2.05) is 11.8 Å². The predicted octanol–water partition coefficient (Wildman–Crippen LogP) is 13.1. The summed E-state index contributed by atoms with van der Waals surface area (Å²) in [5.74, 6) is 0. The Morgan fingerprint density at radius 2 is 1.08 bits per heavy atom. The molecule has 6 heteroatoms. The van der Waals surface area contributed by atoms with E-state index >= 15 is 0 Å². The summed E-state index contributed by atoms with van der Waals surface area (Å²) in [4.78, 5) is 7.72. The number of hydrogen-bond donors (Lipinski definition) is 0. The molecule has 0 radical (unpaired) electrons. The maximum absolute atomic E-state index is 2.85. The number of nitrogens with zero attached hydrogens (tertiary/aromatic N) is 2. The summed E-state index contributed by atoms with van der Waals surface area (Å²) in [6, 6.07) is 88.5. The fourth-order valence-electron chi connectivity index (χ4n) is 12.4. The molecule has 0 aromatic heterocycles. The zero-order valence-corrected chi connectivity index (χ0v) is 46.1. The highest BCUT2D eigenvalue weighted by molar-refractivity contribution is 8.00. The van der Waals surface area contributed by atoms with Crippen molar-refractivity contribution >= 4 is 111 Å². The van der Waals surface area contributed by atoms with Gasteiger partial charge in [-0.3, -0.25) is 0 Å². The van der Waals surface area contributed by atoms with Crippen LogP contribution in [0.1, 0.15) is 31.9 Å². The molecule has 0 saturated heterocycles. The number of aryl methyl sites for hydroxylation is 1. The second-order valence-electron chi connectivity index (χ2n) is 22.6. The quantitative estimate of drug-likeness (QED) is 0.140. The molecular weight excluding hydrogens is 944 g/mol. The van der Waals surface area contributed by atoms with Crippen LogP contribution in [0, 0.1) is 6.92 Å². The van der Waals surface area contributed by atoms with Crippen molar-refractivity contribution in [2.45, 2.75) is 62.5 Å². The monoisotopic (exact) mass is 1000 g/mol. The van der Waals surface area contributed by atoms with Crippen LogP contribution in [-0.2, 0) is 5.41 Å². The van der Waals surface area contributed by atoms with Crippen LogP contribution in [0.4, 0.5) is 34.1 Å². The Bertz CT molecular complexity index is 3750. The molecule has 74 heavy (non-hydrogen) atoms. The minimum atomic E-state index is -2.85. The third-order valence-electron chi connectivity index (χ3n) is 15.9. The van der Waals surface area contributed by atoms with Gasteiger partial charge in [0.15, 0.2) is 8.07 Å². The van der Waals surface area contributed by atoms with Crippen LogP contribution in [0.15, 0.2) is 240 Å². The van der Waals surface area contributed by atoms with Crippen molar-refractivity contribution in [3.63, 3.8) is 0 Å². The lowest BCUT2D eigenvalue weighted by molar-refractivity contribution is 0.590. The first-order chi connectivity index (χ1) is 35.9. The van der Waals surface area contributed by atoms with Gasteiger partial charge in [0.25, 0.3) is 0 Å². The van der Waals surface area contributed by atoms with Crippen LogP contribution in [0.3, 0.4) is 0 Å². The Labute approximate surface area is 444 Å². The van der Waals surface area contributed by atoms with Gasteiger partial charge in [-0.15, -0.1) is 0 Å². The van der Waals surface area contributed by atoms with Gasteiger partial charge in [-0.2, -0.15) is 0 Å². The van der Waals surface area contributed by atoms with Gasteiger partial charge in [0.05, 0.1) is 13.8 Å². The minimum Gasteiger partial charge on any atom is -0.311 e. The largest absolute Gasteiger partial charge is 0.311 e. The standard InChI is InChI=1S/C68H59BN2SSi2/c1-46-40-62-67-64(41-46)72-63-43-51(70(49-24-14-9-15-25-49)50-33-36-52(37-34-50)73(5,6)7)35-38-58(63)69(67)59-45-66-57(44-61(59)71(62)60-39-32-48(68(2,3)4)42-56(60)47-22-12-8-13-23-47)55-30-20-21-31-65(55)74(66,53-26-16-10-17-27-53)54-28-18-11-19-29-54/h8-45H,1-7H3. The smallest absolute Gasteiger partial charge is 0.249 e. The fraction of sp³-hybridized carbons (Fsp3) is 0.118. The van der Waals surface area contributed by atoms with Gasteiger partial charge in [-0.05, 0) is 139 Å². The van der Waals surface area contributed by atoms with E-state index in [-0.39, 0.29) is 12.1 Å². The van der Waals surface area contributed by atoms with Crippen LogP contribution in [0.2, 0.25) is 19.6 Å². The fourth-order valence-corrected chi connectivity index (χ4v) is 20.0. The van der Waals surface area contributed by atoms with E-state index in [1.165, 1.54) is 108 Å². The number of para-hydroxylation sites is 1. The highest BCUT2D eigenvalue weighted by Crippen LogP contribution is 2.48. The number of hydrogen-bond acceptors (Lipinski definition) is 3. The summed E-state index contributed by atoms with van der Waals surface area (Å²) in [6.07, 6.45) is 0. The number of benzene rings is 10. The molecule has 3 aliphatic heterocycles. The topological polar surface area (TPSA) is 6.48 Å². The van der Waals surface area contributed by atoms with Gasteiger partial charge in [0, 0.05) is 43.8 Å². The highest BCUT2D eigenvalue weighted by atomic mass is 32.2.